The lowest BCUT2D eigenvalue weighted by atomic mass is 9.76. The first kappa shape index (κ1) is 39.8. The molecule has 3 heterocycles. The van der Waals surface area contributed by atoms with Crippen LogP contribution in [-0.2, 0) is 11.7 Å². The monoisotopic (exact) mass is 860 g/mol. The second-order valence-corrected chi connectivity index (χ2v) is 16.1. The van der Waals surface area contributed by atoms with Crippen molar-refractivity contribution in [2.45, 2.75) is 21.5 Å². The first-order chi connectivity index (χ1) is 30.6. The van der Waals surface area contributed by atoms with Crippen molar-refractivity contribution in [1.82, 2.24) is 9.78 Å². The number of nitrogens with zero attached hydrogens (tertiary/aromatic N) is 4. The van der Waals surface area contributed by atoms with Crippen LogP contribution in [0.2, 0.25) is 0 Å². The summed E-state index contributed by atoms with van der Waals surface area (Å²) < 4.78 is 68.2. The Labute approximate surface area is 366 Å². The number of hydrogen-bond donors (Lipinski definition) is 0. The van der Waals surface area contributed by atoms with Crippen LogP contribution in [0.5, 0.6) is 23.0 Å². The summed E-state index contributed by atoms with van der Waals surface area (Å²) in [7, 11) is 6.50. The lowest BCUT2D eigenvalue weighted by Crippen LogP contribution is -2.39. The molecule has 8 nitrogen and oxygen atoms in total. The zero-order valence-corrected chi connectivity index (χ0v) is 35.4. The highest BCUT2D eigenvalue weighted by Gasteiger charge is 2.53. The highest BCUT2D eigenvalue weighted by molar-refractivity contribution is 7.99. The Bertz CT molecular complexity index is 2730. The van der Waals surface area contributed by atoms with Gasteiger partial charge in [0.05, 0.1) is 34.1 Å². The van der Waals surface area contributed by atoms with Gasteiger partial charge in [0.15, 0.2) is 5.69 Å². The van der Waals surface area contributed by atoms with Crippen molar-refractivity contribution in [3.63, 3.8) is 0 Å². The van der Waals surface area contributed by atoms with Crippen molar-refractivity contribution < 1.29 is 32.1 Å². The largest absolute Gasteiger partial charge is 0.497 e. The van der Waals surface area contributed by atoms with Crippen molar-refractivity contribution >= 4 is 45.9 Å². The number of aromatic nitrogens is 2. The Morgan fingerprint density at radius 1 is 0.476 bits per heavy atom. The molecule has 0 atom stereocenters. The molecule has 314 valence electrons. The van der Waals surface area contributed by atoms with Gasteiger partial charge in [0, 0.05) is 60.6 Å². The molecule has 1 spiro atoms. The van der Waals surface area contributed by atoms with Crippen LogP contribution in [0, 0.1) is 0 Å². The van der Waals surface area contributed by atoms with Gasteiger partial charge >= 0.3 is 6.18 Å². The standard InChI is InChI=1S/C51H39F3N4O4S/c1-59-38-19-9-32(10-20-38)56(33-11-21-39(60-2)22-12-33)36-17-27-47-44(29-36)50(43-8-6-5-7-42(43)46-31-49(51(52,53)54)55-58(46)50)45-30-37(18-28-48(45)63-47)57(34-13-23-40(61-3)24-14-34)35-15-25-41(62-4)26-16-35/h5-31H,1-4H3. The number of fused-ring (bicyclic) bond motifs is 9. The number of benzene rings is 7. The first-order valence-electron chi connectivity index (χ1n) is 20.1. The van der Waals surface area contributed by atoms with Gasteiger partial charge < -0.3 is 28.7 Å². The van der Waals surface area contributed by atoms with E-state index in [2.05, 4.69) is 51.3 Å². The number of halogens is 3. The number of alkyl halides is 3. The molecule has 1 aromatic heterocycles. The average molecular weight is 861 g/mol. The van der Waals surface area contributed by atoms with E-state index in [4.69, 9.17) is 18.9 Å². The minimum Gasteiger partial charge on any atom is -0.497 e. The third-order valence-electron chi connectivity index (χ3n) is 11.7. The second-order valence-electron chi connectivity index (χ2n) is 15.0. The molecule has 0 saturated heterocycles. The smallest absolute Gasteiger partial charge is 0.435 e. The van der Waals surface area contributed by atoms with Crippen LogP contribution in [0.25, 0.3) is 11.3 Å². The van der Waals surface area contributed by atoms with Gasteiger partial charge in [-0.15, -0.1) is 0 Å². The van der Waals surface area contributed by atoms with Gasteiger partial charge in [0.2, 0.25) is 0 Å². The third-order valence-corrected chi connectivity index (χ3v) is 12.8. The Morgan fingerprint density at radius 2 is 0.857 bits per heavy atom. The van der Waals surface area contributed by atoms with E-state index in [1.54, 1.807) is 44.9 Å². The number of methoxy groups -OCH3 is 4. The summed E-state index contributed by atoms with van der Waals surface area (Å²) >= 11 is 1.58. The van der Waals surface area contributed by atoms with Gasteiger partial charge in [-0.25, -0.2) is 4.68 Å². The van der Waals surface area contributed by atoms with Crippen LogP contribution in [0.15, 0.2) is 174 Å². The SMILES string of the molecule is COc1ccc(N(c2ccc(OC)cc2)c2ccc3c(c2)C2(c4cc(N(c5ccc(OC)cc5)c5ccc(OC)cc5)ccc4S3)c3ccccc3-c3cc(C(F)(F)F)nn32)cc1. The summed E-state index contributed by atoms with van der Waals surface area (Å²) in [6.45, 7) is 0. The van der Waals surface area contributed by atoms with Crippen molar-refractivity contribution in [3.8, 4) is 34.3 Å². The van der Waals surface area contributed by atoms with Crippen molar-refractivity contribution in [2.24, 2.45) is 0 Å². The molecule has 0 N–H and O–H groups in total. The summed E-state index contributed by atoms with van der Waals surface area (Å²) in [5, 5.41) is 4.51. The molecule has 0 unspecified atom stereocenters. The molecular formula is C51H39F3N4O4S. The predicted octanol–water partition coefficient (Wildman–Crippen LogP) is 13.2. The van der Waals surface area contributed by atoms with E-state index < -0.39 is 17.4 Å². The molecule has 0 bridgehead atoms. The van der Waals surface area contributed by atoms with Gasteiger partial charge in [0.25, 0.3) is 0 Å². The van der Waals surface area contributed by atoms with Gasteiger partial charge in [0.1, 0.15) is 28.5 Å². The van der Waals surface area contributed by atoms with E-state index in [0.717, 1.165) is 60.6 Å². The van der Waals surface area contributed by atoms with Crippen molar-refractivity contribution in [2.75, 3.05) is 38.2 Å². The quantitative estimate of drug-likeness (QED) is 0.135. The molecule has 0 radical (unpaired) electrons. The number of ether oxygens (including phenoxy) is 4. The van der Waals surface area contributed by atoms with Crippen molar-refractivity contribution in [1.29, 1.82) is 0 Å². The van der Waals surface area contributed by atoms with Crippen molar-refractivity contribution in [3.05, 3.63) is 186 Å². The van der Waals surface area contributed by atoms with E-state index in [9.17, 15) is 13.2 Å². The summed E-state index contributed by atoms with van der Waals surface area (Å²) in [6, 6.07) is 52.3. The third kappa shape index (κ3) is 6.60. The van der Waals surface area contributed by atoms with Crippen LogP contribution in [0.1, 0.15) is 22.4 Å². The summed E-state index contributed by atoms with van der Waals surface area (Å²) in [5.41, 5.74) is 6.10. The zero-order chi connectivity index (χ0) is 43.5. The van der Waals surface area contributed by atoms with E-state index in [-0.39, 0.29) is 0 Å². The van der Waals surface area contributed by atoms with Gasteiger partial charge in [-0.2, -0.15) is 18.3 Å². The van der Waals surface area contributed by atoms with Crippen LogP contribution in [0.3, 0.4) is 0 Å². The van der Waals surface area contributed by atoms with Crippen LogP contribution in [-0.4, -0.2) is 38.2 Å². The Balaban J connectivity index is 1.25. The maximum Gasteiger partial charge on any atom is 0.435 e. The molecule has 12 heteroatoms. The Morgan fingerprint density at radius 3 is 1.24 bits per heavy atom. The molecule has 8 aromatic rings. The average Bonchev–Trinajstić information content (AvgIpc) is 3.89. The molecular weight excluding hydrogens is 822 g/mol. The number of rotatable bonds is 10. The Hall–Kier alpha value is -7.31. The number of hydrogen-bond acceptors (Lipinski definition) is 8. The first-order valence-corrected chi connectivity index (χ1v) is 20.9. The molecule has 7 aromatic carbocycles. The molecule has 0 fully saturated rings. The number of anilines is 6. The fourth-order valence-corrected chi connectivity index (χ4v) is 9.90. The molecule has 0 aliphatic carbocycles. The van der Waals surface area contributed by atoms with E-state index in [0.29, 0.717) is 34.3 Å². The predicted molar refractivity (Wildman–Crippen MR) is 241 cm³/mol. The zero-order valence-electron chi connectivity index (χ0n) is 34.6. The van der Waals surface area contributed by atoms with Crippen LogP contribution in [0.4, 0.5) is 47.3 Å². The fourth-order valence-electron chi connectivity index (χ4n) is 8.76. The normalized spacial score (nSPS) is 13.1. The molecule has 2 aliphatic heterocycles. The summed E-state index contributed by atoms with van der Waals surface area (Å²) in [6.07, 6.45) is -4.69. The maximum absolute atomic E-state index is 14.8. The fraction of sp³-hybridized carbons (Fsp3) is 0.118. The molecule has 10 rings (SSSR count). The highest BCUT2D eigenvalue weighted by atomic mass is 32.2. The summed E-state index contributed by atoms with van der Waals surface area (Å²) in [5.74, 6) is 2.81. The van der Waals surface area contributed by atoms with Gasteiger partial charge in [-0.05, 0) is 145 Å². The van der Waals surface area contributed by atoms with Gasteiger partial charge in [-0.1, -0.05) is 36.0 Å². The molecule has 0 saturated carbocycles. The van der Waals surface area contributed by atoms with E-state index >= 15 is 0 Å². The lowest BCUT2D eigenvalue weighted by molar-refractivity contribution is -0.141. The molecule has 0 amide bonds. The van der Waals surface area contributed by atoms with Crippen LogP contribution < -0.4 is 28.7 Å². The Kier molecular flexibility index (Phi) is 9.82. The van der Waals surface area contributed by atoms with Gasteiger partial charge in [-0.3, -0.25) is 0 Å². The summed E-state index contributed by atoms with van der Waals surface area (Å²) in [4.78, 5) is 6.00. The molecule has 2 aliphatic rings. The second kappa shape index (κ2) is 15.5. The maximum atomic E-state index is 14.8. The topological polar surface area (TPSA) is 61.2 Å². The minimum atomic E-state index is -4.69. The minimum absolute atomic E-state index is 0.377. The van der Waals surface area contributed by atoms with Crippen LogP contribution >= 0.6 is 11.8 Å². The lowest BCUT2D eigenvalue weighted by Gasteiger charge is -2.40. The highest BCUT2D eigenvalue weighted by Crippen LogP contribution is 2.60. The molecule has 63 heavy (non-hydrogen) atoms. The van der Waals surface area contributed by atoms with E-state index in [1.165, 1.54) is 6.07 Å². The van der Waals surface area contributed by atoms with E-state index in [1.807, 2.05) is 121 Å².